The summed E-state index contributed by atoms with van der Waals surface area (Å²) in [6.45, 7) is 0. The van der Waals surface area contributed by atoms with Crippen LogP contribution in [0.25, 0.3) is 0 Å². The Balaban J connectivity index is 0.000000250. The predicted octanol–water partition coefficient (Wildman–Crippen LogP) is 3.37. The van der Waals surface area contributed by atoms with E-state index < -0.39 is 11.9 Å². The lowest BCUT2D eigenvalue weighted by Crippen LogP contribution is -2.25. The zero-order valence-corrected chi connectivity index (χ0v) is 17.8. The normalized spacial score (nSPS) is 9.56. The zero-order chi connectivity index (χ0) is 23.9. The minimum Gasteiger partial charge on any atom is -0.477 e. The van der Waals surface area contributed by atoms with Crippen molar-refractivity contribution in [2.24, 2.45) is 10.8 Å². The molecule has 2 heterocycles. The van der Waals surface area contributed by atoms with Gasteiger partial charge in [0.1, 0.15) is 11.4 Å². The first kappa shape index (κ1) is 26.0. The van der Waals surface area contributed by atoms with E-state index in [9.17, 15) is 9.59 Å². The van der Waals surface area contributed by atoms with Crippen LogP contribution in [0.2, 0.25) is 10.0 Å². The number of hydrazone groups is 1. The van der Waals surface area contributed by atoms with Crippen LogP contribution >= 0.6 is 23.2 Å². The summed E-state index contributed by atoms with van der Waals surface area (Å²) in [5.74, 6) is -2.23. The number of nitrogens with zero attached hydrogens (tertiary/aromatic N) is 3. The van der Waals surface area contributed by atoms with Gasteiger partial charge in [-0.2, -0.15) is 5.10 Å². The number of carboxylic acid groups (broad SMARTS) is 2. The molecule has 0 atom stereocenters. The van der Waals surface area contributed by atoms with Crippen LogP contribution in [0.4, 0.5) is 0 Å². The molecule has 0 aliphatic heterocycles. The summed E-state index contributed by atoms with van der Waals surface area (Å²) in [4.78, 5) is 27.4. The first-order valence-corrected chi connectivity index (χ1v) is 9.33. The number of halogens is 2. The highest BCUT2D eigenvalue weighted by Crippen LogP contribution is 2.21. The highest BCUT2D eigenvalue weighted by atomic mass is 35.5. The van der Waals surface area contributed by atoms with Crippen LogP contribution in [0.3, 0.4) is 0 Å². The van der Waals surface area contributed by atoms with Crippen LogP contribution in [0, 0.1) is 5.41 Å². The average Bonchev–Trinajstić information content (AvgIpc) is 2.78. The molecule has 12 heteroatoms. The second-order valence-electron chi connectivity index (χ2n) is 5.46. The lowest BCUT2D eigenvalue weighted by Gasteiger charge is -2.00. The Morgan fingerprint density at radius 2 is 1.38 bits per heavy atom. The van der Waals surface area contributed by atoms with Gasteiger partial charge in [-0.05, 0) is 36.4 Å². The van der Waals surface area contributed by atoms with Crippen LogP contribution in [0.15, 0.2) is 72.1 Å². The molecule has 6 N–H and O–H groups in total. The lowest BCUT2D eigenvalue weighted by molar-refractivity contribution is 0.0680. The van der Waals surface area contributed by atoms with E-state index in [1.54, 1.807) is 42.5 Å². The van der Waals surface area contributed by atoms with Crippen molar-refractivity contribution in [3.63, 3.8) is 0 Å². The standard InChI is InChI=1S/C8H8Cl2N4.2C6H5NO2/c9-6-2-1-3-7(10)5(6)4-13-14-8(11)12;2*8-6(9)5-3-1-2-4-7-5/h1-4H,(H4,11,12,14);2*1-4H,(H,8,9)/b13-4+;;. The fourth-order valence-corrected chi connectivity index (χ4v) is 2.27. The Hall–Kier alpha value is -4.02. The maximum Gasteiger partial charge on any atom is 0.354 e. The van der Waals surface area contributed by atoms with E-state index >= 15 is 0 Å². The number of carboxylic acids is 2. The molecule has 0 bridgehead atoms. The molecule has 0 unspecified atom stereocenters. The second-order valence-corrected chi connectivity index (χ2v) is 6.27. The zero-order valence-electron chi connectivity index (χ0n) is 16.3. The summed E-state index contributed by atoms with van der Waals surface area (Å²) in [7, 11) is 0. The van der Waals surface area contributed by atoms with Crippen LogP contribution in [0.5, 0.6) is 0 Å². The quantitative estimate of drug-likeness (QED) is 0.216. The molecule has 0 fully saturated rings. The van der Waals surface area contributed by atoms with Crippen molar-refractivity contribution in [3.8, 4) is 0 Å². The van der Waals surface area contributed by atoms with E-state index in [4.69, 9.17) is 44.6 Å². The molecule has 0 aliphatic carbocycles. The summed E-state index contributed by atoms with van der Waals surface area (Å²) >= 11 is 11.7. The largest absolute Gasteiger partial charge is 0.477 e. The molecule has 2 aromatic heterocycles. The van der Waals surface area contributed by atoms with Crippen LogP contribution < -0.4 is 11.2 Å². The number of carbonyl (C=O) groups is 2. The van der Waals surface area contributed by atoms with Crippen molar-refractivity contribution in [1.29, 1.82) is 5.41 Å². The van der Waals surface area contributed by atoms with Gasteiger partial charge in [0.25, 0.3) is 0 Å². The average molecular weight is 477 g/mol. The number of guanidine groups is 1. The molecule has 0 aliphatic rings. The molecule has 166 valence electrons. The topological polar surface area (TPSA) is 175 Å². The number of nitrogens with one attached hydrogen (secondary N) is 2. The molecule has 0 radical (unpaired) electrons. The Morgan fingerprint density at radius 1 is 0.906 bits per heavy atom. The van der Waals surface area contributed by atoms with Crippen molar-refractivity contribution >= 4 is 47.3 Å². The third-order valence-corrected chi connectivity index (χ3v) is 3.81. The molecule has 0 saturated heterocycles. The Labute approximate surface area is 192 Å². The molecule has 32 heavy (non-hydrogen) atoms. The second kappa shape index (κ2) is 14.1. The molecular weight excluding hydrogens is 459 g/mol. The summed E-state index contributed by atoms with van der Waals surface area (Å²) in [6, 6.07) is 14.6. The molecule has 3 rings (SSSR count). The third-order valence-electron chi connectivity index (χ3n) is 3.15. The van der Waals surface area contributed by atoms with Crippen molar-refractivity contribution in [2.75, 3.05) is 0 Å². The highest BCUT2D eigenvalue weighted by molar-refractivity contribution is 6.38. The SMILES string of the molecule is N=C(N)N/N=C/c1c(Cl)cccc1Cl.O=C(O)c1ccccn1.O=C(O)c1ccccn1. The van der Waals surface area contributed by atoms with Gasteiger partial charge in [0, 0.05) is 18.0 Å². The maximum absolute atomic E-state index is 10.1. The van der Waals surface area contributed by atoms with E-state index in [0.29, 0.717) is 15.6 Å². The number of nitrogens with two attached hydrogens (primary N) is 1. The number of hydrogen-bond acceptors (Lipinski definition) is 6. The lowest BCUT2D eigenvalue weighted by atomic mass is 10.2. The van der Waals surface area contributed by atoms with Gasteiger partial charge in [0.05, 0.1) is 16.3 Å². The summed E-state index contributed by atoms with van der Waals surface area (Å²) in [6.07, 6.45) is 4.30. The number of aromatic carboxylic acids is 2. The fraction of sp³-hybridized carbons (Fsp3) is 0. The van der Waals surface area contributed by atoms with Gasteiger partial charge >= 0.3 is 11.9 Å². The molecule has 0 amide bonds. The number of hydrogen-bond donors (Lipinski definition) is 5. The van der Waals surface area contributed by atoms with Gasteiger partial charge in [-0.25, -0.2) is 25.0 Å². The smallest absolute Gasteiger partial charge is 0.354 e. The van der Waals surface area contributed by atoms with Gasteiger partial charge < -0.3 is 15.9 Å². The number of rotatable bonds is 4. The first-order valence-electron chi connectivity index (χ1n) is 8.58. The fourth-order valence-electron chi connectivity index (χ4n) is 1.78. The van der Waals surface area contributed by atoms with E-state index in [-0.39, 0.29) is 17.3 Å². The maximum atomic E-state index is 10.1. The van der Waals surface area contributed by atoms with Crippen molar-refractivity contribution < 1.29 is 19.8 Å². The Morgan fingerprint density at radius 3 is 1.69 bits per heavy atom. The summed E-state index contributed by atoms with van der Waals surface area (Å²) in [5.41, 5.74) is 8.04. The van der Waals surface area contributed by atoms with E-state index in [1.165, 1.54) is 30.7 Å². The van der Waals surface area contributed by atoms with Crippen LogP contribution in [-0.4, -0.2) is 44.3 Å². The third kappa shape index (κ3) is 10.1. The monoisotopic (exact) mass is 476 g/mol. The van der Waals surface area contributed by atoms with Crippen molar-refractivity contribution in [2.45, 2.75) is 0 Å². The molecule has 3 aromatic rings. The minimum absolute atomic E-state index is 0.0810. The van der Waals surface area contributed by atoms with Gasteiger partial charge in [-0.1, -0.05) is 41.4 Å². The number of aromatic nitrogens is 2. The van der Waals surface area contributed by atoms with E-state index in [0.717, 1.165) is 0 Å². The van der Waals surface area contributed by atoms with Crippen molar-refractivity contribution in [1.82, 2.24) is 15.4 Å². The minimum atomic E-state index is -0.990. The Kier molecular flexibility index (Phi) is 11.4. The predicted molar refractivity (Wildman–Crippen MR) is 121 cm³/mol. The molecule has 0 spiro atoms. The van der Waals surface area contributed by atoms with Gasteiger partial charge in [-0.15, -0.1) is 0 Å². The first-order chi connectivity index (χ1) is 15.2. The number of pyridine rings is 2. The highest BCUT2D eigenvalue weighted by Gasteiger charge is 2.01. The van der Waals surface area contributed by atoms with Crippen molar-refractivity contribution in [3.05, 3.63) is 94.0 Å². The van der Waals surface area contributed by atoms with E-state index in [1.807, 2.05) is 0 Å². The Bertz CT molecular complexity index is 996. The van der Waals surface area contributed by atoms with Crippen LogP contribution in [0.1, 0.15) is 26.5 Å². The summed E-state index contributed by atoms with van der Waals surface area (Å²) in [5, 5.41) is 28.2. The number of benzene rings is 1. The molecule has 0 saturated carbocycles. The molecule has 1 aromatic carbocycles. The van der Waals surface area contributed by atoms with Gasteiger partial charge in [0.2, 0.25) is 5.96 Å². The van der Waals surface area contributed by atoms with Crippen LogP contribution in [-0.2, 0) is 0 Å². The van der Waals surface area contributed by atoms with Gasteiger partial charge in [0.15, 0.2) is 0 Å². The summed E-state index contributed by atoms with van der Waals surface area (Å²) < 4.78 is 0. The van der Waals surface area contributed by atoms with E-state index in [2.05, 4.69) is 20.5 Å². The molecule has 10 nitrogen and oxygen atoms in total. The molecular formula is C20H18Cl2N6O4. The van der Waals surface area contributed by atoms with Gasteiger partial charge in [-0.3, -0.25) is 5.41 Å².